The summed E-state index contributed by atoms with van der Waals surface area (Å²) in [5.74, 6) is 0. The van der Waals surface area contributed by atoms with Crippen LogP contribution < -0.4 is 0 Å². The van der Waals surface area contributed by atoms with E-state index in [4.69, 9.17) is 11.6 Å². The molecule has 0 aliphatic heterocycles. The van der Waals surface area contributed by atoms with Crippen LogP contribution in [0, 0.1) is 10.1 Å². The van der Waals surface area contributed by atoms with Gasteiger partial charge in [-0.1, -0.05) is 48.0 Å². The van der Waals surface area contributed by atoms with Crippen LogP contribution in [-0.4, -0.2) is 9.91 Å². The van der Waals surface area contributed by atoms with Gasteiger partial charge in [0.25, 0.3) is 5.69 Å². The molecule has 98 valence electrons. The average Bonchev–Trinajstić information content (AvgIpc) is 2.46. The highest BCUT2D eigenvalue weighted by atomic mass is 35.5. The van der Waals surface area contributed by atoms with E-state index < -0.39 is 4.92 Å². The van der Waals surface area contributed by atoms with Crippen molar-refractivity contribution >= 4 is 28.1 Å². The van der Waals surface area contributed by atoms with Crippen LogP contribution >= 0.6 is 11.6 Å². The minimum absolute atomic E-state index is 0.0619. The molecule has 0 unspecified atom stereocenters. The quantitative estimate of drug-likeness (QED) is 0.396. The Morgan fingerprint density at radius 1 is 1.00 bits per heavy atom. The third kappa shape index (κ3) is 2.33. The second kappa shape index (κ2) is 4.90. The number of pyridine rings is 1. The summed E-state index contributed by atoms with van der Waals surface area (Å²) in [6.07, 6.45) is 0. The zero-order valence-electron chi connectivity index (χ0n) is 10.3. The largest absolute Gasteiger partial charge is 0.274 e. The van der Waals surface area contributed by atoms with Gasteiger partial charge in [0.1, 0.15) is 5.15 Å². The summed E-state index contributed by atoms with van der Waals surface area (Å²) in [6.45, 7) is 0. The Morgan fingerprint density at radius 2 is 1.75 bits per heavy atom. The highest BCUT2D eigenvalue weighted by molar-refractivity contribution is 6.29. The van der Waals surface area contributed by atoms with Crippen LogP contribution in [0.5, 0.6) is 0 Å². The van der Waals surface area contributed by atoms with Gasteiger partial charge in [-0.2, -0.15) is 0 Å². The summed E-state index contributed by atoms with van der Waals surface area (Å²) in [6, 6.07) is 16.3. The van der Waals surface area contributed by atoms with E-state index in [2.05, 4.69) is 4.98 Å². The van der Waals surface area contributed by atoms with Crippen LogP contribution in [0.1, 0.15) is 0 Å². The summed E-state index contributed by atoms with van der Waals surface area (Å²) < 4.78 is 0. The molecule has 2 aromatic carbocycles. The van der Waals surface area contributed by atoms with Gasteiger partial charge >= 0.3 is 0 Å². The lowest BCUT2D eigenvalue weighted by Gasteiger charge is -2.04. The predicted octanol–water partition coefficient (Wildman–Crippen LogP) is 4.46. The number of aromatic nitrogens is 1. The van der Waals surface area contributed by atoms with E-state index >= 15 is 0 Å². The Kier molecular flexibility index (Phi) is 3.08. The van der Waals surface area contributed by atoms with Crippen molar-refractivity contribution < 1.29 is 4.92 Å². The second-order valence-corrected chi connectivity index (χ2v) is 4.74. The Bertz CT molecular complexity index is 818. The predicted molar refractivity (Wildman–Crippen MR) is 78.8 cm³/mol. The molecule has 5 heteroatoms. The van der Waals surface area contributed by atoms with E-state index in [-0.39, 0.29) is 10.8 Å². The molecular weight excluding hydrogens is 276 g/mol. The summed E-state index contributed by atoms with van der Waals surface area (Å²) in [4.78, 5) is 14.5. The molecule has 0 saturated carbocycles. The molecular formula is C15H9ClN2O2. The zero-order valence-corrected chi connectivity index (χ0v) is 11.0. The third-order valence-corrected chi connectivity index (χ3v) is 3.23. The lowest BCUT2D eigenvalue weighted by Crippen LogP contribution is -1.92. The van der Waals surface area contributed by atoms with Crippen molar-refractivity contribution in [3.8, 4) is 11.3 Å². The molecule has 0 spiro atoms. The maximum absolute atomic E-state index is 10.9. The Hall–Kier alpha value is -2.46. The number of nitrogens with zero attached hydrogens (tertiary/aromatic N) is 2. The van der Waals surface area contributed by atoms with E-state index in [1.165, 1.54) is 12.1 Å². The topological polar surface area (TPSA) is 56.0 Å². The highest BCUT2D eigenvalue weighted by Gasteiger charge is 2.11. The minimum atomic E-state index is -0.474. The molecule has 1 heterocycles. The van der Waals surface area contributed by atoms with E-state index in [1.54, 1.807) is 0 Å². The Morgan fingerprint density at radius 3 is 2.50 bits per heavy atom. The lowest BCUT2D eigenvalue weighted by molar-refractivity contribution is -0.384. The second-order valence-electron chi connectivity index (χ2n) is 4.35. The number of nitro groups is 1. The molecule has 0 saturated heterocycles. The van der Waals surface area contributed by atoms with Crippen molar-refractivity contribution in [3.63, 3.8) is 0 Å². The van der Waals surface area contributed by atoms with Crippen molar-refractivity contribution in [2.45, 2.75) is 0 Å². The molecule has 0 bridgehead atoms. The third-order valence-electron chi connectivity index (χ3n) is 3.03. The SMILES string of the molecule is O=[N+]([O-])c1cc(Cl)nc(-c2ccc3ccccc3c2)c1. The van der Waals surface area contributed by atoms with Gasteiger partial charge in [-0.3, -0.25) is 10.1 Å². The van der Waals surface area contributed by atoms with Crippen LogP contribution in [-0.2, 0) is 0 Å². The minimum Gasteiger partial charge on any atom is -0.258 e. The summed E-state index contributed by atoms with van der Waals surface area (Å²) >= 11 is 5.85. The van der Waals surface area contributed by atoms with Crippen LogP contribution in [0.15, 0.2) is 54.6 Å². The molecule has 20 heavy (non-hydrogen) atoms. The molecule has 3 rings (SSSR count). The van der Waals surface area contributed by atoms with Gasteiger partial charge in [0, 0.05) is 11.6 Å². The van der Waals surface area contributed by atoms with Crippen molar-refractivity contribution in [2.24, 2.45) is 0 Å². The zero-order chi connectivity index (χ0) is 14.1. The van der Waals surface area contributed by atoms with Gasteiger partial charge in [0.05, 0.1) is 16.7 Å². The standard InChI is InChI=1S/C15H9ClN2O2/c16-15-9-13(18(19)20)8-14(17-15)12-6-5-10-3-1-2-4-11(10)7-12/h1-9H. The lowest BCUT2D eigenvalue weighted by atomic mass is 10.0. The highest BCUT2D eigenvalue weighted by Crippen LogP contribution is 2.27. The molecule has 3 aromatic rings. The molecule has 0 aliphatic carbocycles. The van der Waals surface area contributed by atoms with Crippen molar-refractivity contribution in [2.75, 3.05) is 0 Å². The average molecular weight is 285 g/mol. The van der Waals surface area contributed by atoms with Crippen LogP contribution in [0.4, 0.5) is 5.69 Å². The fourth-order valence-electron chi connectivity index (χ4n) is 2.09. The number of halogens is 1. The first-order chi connectivity index (χ1) is 9.63. The summed E-state index contributed by atoms with van der Waals surface area (Å²) in [5, 5.41) is 13.1. The van der Waals surface area contributed by atoms with Crippen molar-refractivity contribution in [1.82, 2.24) is 4.98 Å². The van der Waals surface area contributed by atoms with Crippen LogP contribution in [0.25, 0.3) is 22.0 Å². The van der Waals surface area contributed by atoms with E-state index in [1.807, 2.05) is 42.5 Å². The molecule has 0 atom stereocenters. The first-order valence-corrected chi connectivity index (χ1v) is 6.32. The first kappa shape index (κ1) is 12.6. The Balaban J connectivity index is 2.17. The summed E-state index contributed by atoms with van der Waals surface area (Å²) in [7, 11) is 0. The van der Waals surface area contributed by atoms with E-state index in [0.717, 1.165) is 16.3 Å². The van der Waals surface area contributed by atoms with Crippen molar-refractivity contribution in [1.29, 1.82) is 0 Å². The normalized spacial score (nSPS) is 10.7. The smallest absolute Gasteiger partial charge is 0.258 e. The molecule has 0 radical (unpaired) electrons. The van der Waals surface area contributed by atoms with Gasteiger partial charge in [-0.25, -0.2) is 4.98 Å². The number of fused-ring (bicyclic) bond motifs is 1. The van der Waals surface area contributed by atoms with Gasteiger partial charge < -0.3 is 0 Å². The maximum Gasteiger partial charge on any atom is 0.274 e. The maximum atomic E-state index is 10.9. The van der Waals surface area contributed by atoms with Crippen LogP contribution in [0.3, 0.4) is 0 Å². The summed E-state index contributed by atoms with van der Waals surface area (Å²) in [5.41, 5.74) is 1.23. The molecule has 0 amide bonds. The molecule has 0 aliphatic rings. The molecule has 0 N–H and O–H groups in total. The number of hydrogen-bond acceptors (Lipinski definition) is 3. The monoisotopic (exact) mass is 284 g/mol. The molecule has 0 fully saturated rings. The first-order valence-electron chi connectivity index (χ1n) is 5.95. The number of hydrogen-bond donors (Lipinski definition) is 0. The number of rotatable bonds is 2. The number of benzene rings is 2. The fraction of sp³-hybridized carbons (Fsp3) is 0. The van der Waals surface area contributed by atoms with Gasteiger partial charge in [0.15, 0.2) is 0 Å². The molecule has 4 nitrogen and oxygen atoms in total. The van der Waals surface area contributed by atoms with Gasteiger partial charge in [-0.15, -0.1) is 0 Å². The molecule has 1 aromatic heterocycles. The van der Waals surface area contributed by atoms with E-state index in [9.17, 15) is 10.1 Å². The Labute approximate surface area is 119 Å². The van der Waals surface area contributed by atoms with E-state index in [0.29, 0.717) is 5.69 Å². The van der Waals surface area contributed by atoms with Crippen molar-refractivity contribution in [3.05, 3.63) is 69.9 Å². The van der Waals surface area contributed by atoms with Gasteiger partial charge in [-0.05, 0) is 16.8 Å². The van der Waals surface area contributed by atoms with Crippen LogP contribution in [0.2, 0.25) is 5.15 Å². The van der Waals surface area contributed by atoms with Gasteiger partial charge in [0.2, 0.25) is 0 Å². The fourth-order valence-corrected chi connectivity index (χ4v) is 2.29.